The number of aromatic amines is 1. The number of benzene rings is 1. The second-order valence-corrected chi connectivity index (χ2v) is 5.42. The highest BCUT2D eigenvalue weighted by Gasteiger charge is 2.22. The number of carbonyl (C=O) groups is 1. The van der Waals surface area contributed by atoms with Crippen LogP contribution in [0.2, 0.25) is 0 Å². The number of para-hydroxylation sites is 1. The number of rotatable bonds is 6. The number of unbranched alkanes of at least 4 members (excludes halogenated alkanes) is 2. The van der Waals surface area contributed by atoms with E-state index in [2.05, 4.69) is 31.0 Å². The van der Waals surface area contributed by atoms with Crippen molar-refractivity contribution in [3.05, 3.63) is 30.0 Å². The number of hydrogen-bond donors (Lipinski definition) is 1. The average Bonchev–Trinajstić information content (AvgIpc) is 2.86. The van der Waals surface area contributed by atoms with Gasteiger partial charge >= 0.3 is 0 Å². The first-order chi connectivity index (χ1) is 9.65. The molecule has 0 atom stereocenters. The number of nitrogens with zero attached hydrogens (tertiary/aromatic N) is 2. The number of hydrogen-bond acceptors (Lipinski definition) is 2. The quantitative estimate of drug-likeness (QED) is 0.817. The van der Waals surface area contributed by atoms with Crippen LogP contribution in [0, 0.1) is 0 Å². The van der Waals surface area contributed by atoms with Crippen LogP contribution in [0.15, 0.2) is 24.3 Å². The van der Waals surface area contributed by atoms with Crippen LogP contribution >= 0.6 is 0 Å². The lowest BCUT2D eigenvalue weighted by atomic mass is 10.1. The third-order valence-electron chi connectivity index (χ3n) is 3.56. The van der Waals surface area contributed by atoms with Gasteiger partial charge in [-0.05, 0) is 26.3 Å². The third-order valence-corrected chi connectivity index (χ3v) is 3.56. The van der Waals surface area contributed by atoms with Crippen molar-refractivity contribution in [1.82, 2.24) is 15.1 Å². The summed E-state index contributed by atoms with van der Waals surface area (Å²) in [5.74, 6) is 0.0218. The van der Waals surface area contributed by atoms with Crippen LogP contribution in [0.4, 0.5) is 0 Å². The van der Waals surface area contributed by atoms with Crippen molar-refractivity contribution in [3.63, 3.8) is 0 Å². The van der Waals surface area contributed by atoms with E-state index in [0.29, 0.717) is 5.69 Å². The molecule has 4 heteroatoms. The molecule has 0 aliphatic heterocycles. The molecule has 0 radical (unpaired) electrons. The molecule has 0 unspecified atom stereocenters. The molecule has 2 aromatic rings. The van der Waals surface area contributed by atoms with Crippen LogP contribution in [0.3, 0.4) is 0 Å². The van der Waals surface area contributed by atoms with Gasteiger partial charge in [-0.3, -0.25) is 9.89 Å². The summed E-state index contributed by atoms with van der Waals surface area (Å²) >= 11 is 0. The lowest BCUT2D eigenvalue weighted by molar-refractivity contribution is 0.0698. The minimum Gasteiger partial charge on any atom is -0.335 e. The van der Waals surface area contributed by atoms with E-state index in [4.69, 9.17) is 0 Å². The van der Waals surface area contributed by atoms with Crippen LogP contribution in [-0.4, -0.2) is 33.6 Å². The summed E-state index contributed by atoms with van der Waals surface area (Å²) in [6.45, 7) is 7.08. The Hall–Kier alpha value is -1.84. The van der Waals surface area contributed by atoms with Gasteiger partial charge in [0.05, 0.1) is 5.52 Å². The molecule has 0 fully saturated rings. The van der Waals surface area contributed by atoms with Gasteiger partial charge < -0.3 is 4.90 Å². The van der Waals surface area contributed by atoms with Crippen molar-refractivity contribution in [2.24, 2.45) is 0 Å². The molecule has 2 rings (SSSR count). The molecule has 20 heavy (non-hydrogen) atoms. The monoisotopic (exact) mass is 273 g/mol. The fourth-order valence-corrected chi connectivity index (χ4v) is 2.39. The van der Waals surface area contributed by atoms with Gasteiger partial charge in [0.2, 0.25) is 0 Å². The SMILES string of the molecule is CCCCCN(C(=O)c1n[nH]c2ccccc12)C(C)C. The predicted molar refractivity (Wildman–Crippen MR) is 81.8 cm³/mol. The van der Waals surface area contributed by atoms with Gasteiger partial charge in [0, 0.05) is 18.0 Å². The van der Waals surface area contributed by atoms with E-state index in [-0.39, 0.29) is 11.9 Å². The molecule has 0 bridgehead atoms. The van der Waals surface area contributed by atoms with Crippen LogP contribution in [0.25, 0.3) is 10.9 Å². The fourth-order valence-electron chi connectivity index (χ4n) is 2.39. The zero-order valence-electron chi connectivity index (χ0n) is 12.5. The average molecular weight is 273 g/mol. The van der Waals surface area contributed by atoms with Crippen LogP contribution < -0.4 is 0 Å². The van der Waals surface area contributed by atoms with Crippen molar-refractivity contribution < 1.29 is 4.79 Å². The van der Waals surface area contributed by atoms with Gasteiger partial charge in [-0.2, -0.15) is 5.10 Å². The number of fused-ring (bicyclic) bond motifs is 1. The van der Waals surface area contributed by atoms with Gasteiger partial charge in [-0.1, -0.05) is 38.0 Å². The third kappa shape index (κ3) is 3.00. The van der Waals surface area contributed by atoms with Crippen molar-refractivity contribution in [2.75, 3.05) is 6.54 Å². The van der Waals surface area contributed by atoms with Crippen LogP contribution in [0.5, 0.6) is 0 Å². The minimum atomic E-state index is 0.0218. The zero-order valence-corrected chi connectivity index (χ0v) is 12.5. The van der Waals surface area contributed by atoms with E-state index in [1.807, 2.05) is 29.2 Å². The van der Waals surface area contributed by atoms with E-state index in [9.17, 15) is 4.79 Å². The van der Waals surface area contributed by atoms with Crippen molar-refractivity contribution in [2.45, 2.75) is 46.1 Å². The molecule has 0 spiro atoms. The van der Waals surface area contributed by atoms with E-state index in [0.717, 1.165) is 36.7 Å². The van der Waals surface area contributed by atoms with E-state index in [1.165, 1.54) is 0 Å². The topological polar surface area (TPSA) is 49.0 Å². The molecule has 1 aromatic heterocycles. The summed E-state index contributed by atoms with van der Waals surface area (Å²) in [6.07, 6.45) is 3.35. The Morgan fingerprint density at radius 1 is 1.30 bits per heavy atom. The molecular formula is C16H23N3O. The molecule has 108 valence electrons. The maximum Gasteiger partial charge on any atom is 0.275 e. The summed E-state index contributed by atoms with van der Waals surface area (Å²) in [6, 6.07) is 7.95. The summed E-state index contributed by atoms with van der Waals surface area (Å²) in [5, 5.41) is 8.04. The zero-order chi connectivity index (χ0) is 14.5. The first-order valence-corrected chi connectivity index (χ1v) is 7.39. The first kappa shape index (κ1) is 14.6. The predicted octanol–water partition coefficient (Wildman–Crippen LogP) is 3.60. The highest BCUT2D eigenvalue weighted by Crippen LogP contribution is 2.18. The van der Waals surface area contributed by atoms with Gasteiger partial charge in [-0.15, -0.1) is 0 Å². The summed E-state index contributed by atoms with van der Waals surface area (Å²) in [4.78, 5) is 14.6. The fraction of sp³-hybridized carbons (Fsp3) is 0.500. The molecule has 1 N–H and O–H groups in total. The van der Waals surface area contributed by atoms with Gasteiger partial charge in [-0.25, -0.2) is 0 Å². The number of amides is 1. The Morgan fingerprint density at radius 2 is 2.05 bits per heavy atom. The molecule has 0 aliphatic carbocycles. The Balaban J connectivity index is 2.22. The molecule has 1 aromatic carbocycles. The number of H-pyrrole nitrogens is 1. The van der Waals surface area contributed by atoms with Crippen molar-refractivity contribution in [1.29, 1.82) is 0 Å². The molecule has 1 amide bonds. The largest absolute Gasteiger partial charge is 0.335 e. The smallest absolute Gasteiger partial charge is 0.275 e. The summed E-state index contributed by atoms with van der Waals surface area (Å²) in [5.41, 5.74) is 1.44. The van der Waals surface area contributed by atoms with Gasteiger partial charge in [0.25, 0.3) is 5.91 Å². The standard InChI is InChI=1S/C16H23N3O/c1-4-5-8-11-19(12(2)3)16(20)15-13-9-6-7-10-14(13)17-18-15/h6-7,9-10,12H,4-5,8,11H2,1-3H3,(H,17,18). The van der Waals surface area contributed by atoms with Gasteiger partial charge in [0.1, 0.15) is 0 Å². The highest BCUT2D eigenvalue weighted by molar-refractivity contribution is 6.04. The molecule has 4 nitrogen and oxygen atoms in total. The minimum absolute atomic E-state index is 0.0218. The first-order valence-electron chi connectivity index (χ1n) is 7.39. The number of carbonyl (C=O) groups excluding carboxylic acids is 1. The molecule has 0 saturated heterocycles. The number of aromatic nitrogens is 2. The normalized spacial score (nSPS) is 11.2. The maximum atomic E-state index is 12.7. The van der Waals surface area contributed by atoms with Crippen LogP contribution in [0.1, 0.15) is 50.5 Å². The van der Waals surface area contributed by atoms with E-state index >= 15 is 0 Å². The summed E-state index contributed by atoms with van der Waals surface area (Å²) in [7, 11) is 0. The van der Waals surface area contributed by atoms with Gasteiger partial charge in [0.15, 0.2) is 5.69 Å². The van der Waals surface area contributed by atoms with Crippen molar-refractivity contribution in [3.8, 4) is 0 Å². The van der Waals surface area contributed by atoms with E-state index in [1.54, 1.807) is 0 Å². The second-order valence-electron chi connectivity index (χ2n) is 5.42. The van der Waals surface area contributed by atoms with Crippen LogP contribution in [-0.2, 0) is 0 Å². The van der Waals surface area contributed by atoms with E-state index < -0.39 is 0 Å². The summed E-state index contributed by atoms with van der Waals surface area (Å²) < 4.78 is 0. The molecule has 1 heterocycles. The Morgan fingerprint density at radius 3 is 2.75 bits per heavy atom. The Kier molecular flexibility index (Phi) is 4.77. The maximum absolute atomic E-state index is 12.7. The molecule has 0 saturated carbocycles. The lowest BCUT2D eigenvalue weighted by Crippen LogP contribution is -2.38. The Labute approximate surface area is 120 Å². The van der Waals surface area contributed by atoms with Crippen molar-refractivity contribution >= 4 is 16.8 Å². The molecular weight excluding hydrogens is 250 g/mol. The lowest BCUT2D eigenvalue weighted by Gasteiger charge is -2.26. The number of nitrogens with one attached hydrogen (secondary N) is 1. The second kappa shape index (κ2) is 6.55. The highest BCUT2D eigenvalue weighted by atomic mass is 16.2. The Bertz CT molecular complexity index is 574. The molecule has 0 aliphatic rings.